The molecule has 0 spiro atoms. The molecule has 10 nitrogen and oxygen atoms in total. The summed E-state index contributed by atoms with van der Waals surface area (Å²) in [6.07, 6.45) is 3.57. The molecule has 1 aliphatic rings. The molecule has 40 heavy (non-hydrogen) atoms. The van der Waals surface area contributed by atoms with E-state index in [9.17, 15) is 18.7 Å². The number of carbonyl (C=O) groups excluding carboxylic acids is 1. The average Bonchev–Trinajstić information content (AvgIpc) is 3.37. The minimum Gasteiger partial charge on any atom is -0.493 e. The summed E-state index contributed by atoms with van der Waals surface area (Å²) in [6, 6.07) is 10.3. The van der Waals surface area contributed by atoms with Crippen molar-refractivity contribution in [3.05, 3.63) is 72.1 Å². The van der Waals surface area contributed by atoms with Gasteiger partial charge in [-0.2, -0.15) is 5.10 Å². The topological polar surface area (TPSA) is 98.5 Å². The molecule has 1 amide bonds. The van der Waals surface area contributed by atoms with Crippen LogP contribution in [0.1, 0.15) is 5.56 Å². The van der Waals surface area contributed by atoms with Crippen molar-refractivity contribution in [3.63, 3.8) is 0 Å². The number of benzene rings is 2. The molecule has 1 aliphatic heterocycles. The van der Waals surface area contributed by atoms with Crippen LogP contribution >= 0.6 is 0 Å². The quantitative estimate of drug-likeness (QED) is 0.361. The second kappa shape index (κ2) is 13.6. The van der Waals surface area contributed by atoms with Gasteiger partial charge in [-0.25, -0.2) is 8.78 Å². The molecule has 0 bridgehead atoms. The number of methoxy groups -OCH3 is 2. The maximum absolute atomic E-state index is 13.7. The summed E-state index contributed by atoms with van der Waals surface area (Å²) in [4.78, 5) is 16.1. The standard InChI is InChI=1S/C28H34F2N4O6/c1-37-17-27(35)33-9-8-32(18-28(36,19-33)20-40-24-14-22(29)13-23(30)15-24)16-21-4-5-25(26(12-21)38-2)39-11-10-34-7-3-6-31-34/h3-7,12-15,36H,8-11,16-20H2,1-2H3/t28-/m1/s1. The molecule has 12 heteroatoms. The normalized spacial score (nSPS) is 17.9. The van der Waals surface area contributed by atoms with Gasteiger partial charge in [0.2, 0.25) is 5.91 Å². The smallest absolute Gasteiger partial charge is 0.248 e. The SMILES string of the molecule is COCC(=O)N1CCN(Cc2ccc(OCCn3cccn3)c(OC)c2)C[C@](O)(COc2cc(F)cc(F)c2)C1. The van der Waals surface area contributed by atoms with E-state index in [2.05, 4.69) is 5.10 Å². The third-order valence-corrected chi connectivity index (χ3v) is 6.42. The molecule has 3 aromatic rings. The van der Waals surface area contributed by atoms with Gasteiger partial charge in [0.25, 0.3) is 0 Å². The van der Waals surface area contributed by atoms with E-state index in [1.54, 1.807) is 18.0 Å². The second-order valence-electron chi connectivity index (χ2n) is 9.68. The Morgan fingerprint density at radius 2 is 1.85 bits per heavy atom. The average molecular weight is 561 g/mol. The largest absolute Gasteiger partial charge is 0.493 e. The van der Waals surface area contributed by atoms with E-state index in [0.29, 0.717) is 44.3 Å². The van der Waals surface area contributed by atoms with Gasteiger partial charge in [0.1, 0.15) is 42.8 Å². The lowest BCUT2D eigenvalue weighted by Crippen LogP contribution is -2.52. The number of aromatic nitrogens is 2. The molecule has 0 radical (unpaired) electrons. The van der Waals surface area contributed by atoms with E-state index in [0.717, 1.165) is 23.8 Å². The molecular formula is C28H34F2N4O6. The Bertz CT molecular complexity index is 1240. The number of aliphatic hydroxyl groups is 1. The zero-order valence-corrected chi connectivity index (χ0v) is 22.6. The Balaban J connectivity index is 1.45. The first-order chi connectivity index (χ1) is 19.3. The third kappa shape index (κ3) is 8.13. The van der Waals surface area contributed by atoms with E-state index in [1.807, 2.05) is 35.4 Å². The van der Waals surface area contributed by atoms with Crippen LogP contribution in [0.2, 0.25) is 0 Å². The molecule has 1 atom stereocenters. The first kappa shape index (κ1) is 29.2. The Morgan fingerprint density at radius 1 is 1.05 bits per heavy atom. The lowest BCUT2D eigenvalue weighted by Gasteiger charge is -2.33. The van der Waals surface area contributed by atoms with Crippen molar-refractivity contribution >= 4 is 5.91 Å². The van der Waals surface area contributed by atoms with Crippen molar-refractivity contribution in [2.75, 3.05) is 60.2 Å². The summed E-state index contributed by atoms with van der Waals surface area (Å²) in [5, 5.41) is 15.7. The van der Waals surface area contributed by atoms with Crippen molar-refractivity contribution in [2.45, 2.75) is 18.7 Å². The number of hydrogen-bond donors (Lipinski definition) is 1. The van der Waals surface area contributed by atoms with Crippen molar-refractivity contribution in [2.24, 2.45) is 0 Å². The number of rotatable bonds is 12. The van der Waals surface area contributed by atoms with Crippen LogP contribution in [-0.2, 0) is 22.6 Å². The van der Waals surface area contributed by atoms with Gasteiger partial charge in [-0.3, -0.25) is 14.4 Å². The molecule has 0 unspecified atom stereocenters. The number of nitrogens with zero attached hydrogens (tertiary/aromatic N) is 4. The van der Waals surface area contributed by atoms with Gasteiger partial charge in [0, 0.05) is 63.9 Å². The monoisotopic (exact) mass is 560 g/mol. The lowest BCUT2D eigenvalue weighted by molar-refractivity contribution is -0.138. The Morgan fingerprint density at radius 3 is 2.55 bits per heavy atom. The highest BCUT2D eigenvalue weighted by atomic mass is 19.1. The van der Waals surface area contributed by atoms with Crippen LogP contribution in [0.3, 0.4) is 0 Å². The summed E-state index contributed by atoms with van der Waals surface area (Å²) >= 11 is 0. The fraction of sp³-hybridized carbons (Fsp3) is 0.429. The molecule has 1 fully saturated rings. The van der Waals surface area contributed by atoms with Crippen LogP contribution in [0, 0.1) is 11.6 Å². The van der Waals surface area contributed by atoms with Gasteiger partial charge in [-0.1, -0.05) is 6.07 Å². The van der Waals surface area contributed by atoms with Gasteiger partial charge < -0.3 is 29.0 Å². The molecule has 1 aromatic heterocycles. The van der Waals surface area contributed by atoms with E-state index >= 15 is 0 Å². The Labute approximate surface area is 231 Å². The van der Waals surface area contributed by atoms with E-state index in [4.69, 9.17) is 18.9 Å². The number of halogens is 2. The first-order valence-corrected chi connectivity index (χ1v) is 12.8. The molecule has 4 rings (SSSR count). The molecule has 2 aromatic carbocycles. The maximum atomic E-state index is 13.7. The van der Waals surface area contributed by atoms with Gasteiger partial charge in [0.15, 0.2) is 11.5 Å². The van der Waals surface area contributed by atoms with E-state index in [1.165, 1.54) is 12.0 Å². The molecule has 0 saturated carbocycles. The van der Waals surface area contributed by atoms with Gasteiger partial charge in [-0.05, 0) is 23.8 Å². The van der Waals surface area contributed by atoms with Crippen molar-refractivity contribution in [1.82, 2.24) is 19.6 Å². The molecule has 1 N–H and O–H groups in total. The van der Waals surface area contributed by atoms with Crippen molar-refractivity contribution in [1.29, 1.82) is 0 Å². The Kier molecular flexibility index (Phi) is 9.91. The van der Waals surface area contributed by atoms with Crippen LogP contribution in [0.5, 0.6) is 17.2 Å². The van der Waals surface area contributed by atoms with Crippen LogP contribution in [0.15, 0.2) is 54.9 Å². The number of ether oxygens (including phenoxy) is 4. The first-order valence-electron chi connectivity index (χ1n) is 12.8. The molecule has 1 saturated heterocycles. The predicted octanol–water partition coefficient (Wildman–Crippen LogP) is 2.35. The summed E-state index contributed by atoms with van der Waals surface area (Å²) < 4.78 is 51.1. The minimum absolute atomic E-state index is 0.0319. The number of β-amino-alcohol motifs (C(OH)–C–C–N with tert-alkyl or cyclic N) is 1. The zero-order valence-electron chi connectivity index (χ0n) is 22.6. The van der Waals surface area contributed by atoms with Crippen molar-refractivity contribution in [3.8, 4) is 17.2 Å². The lowest BCUT2D eigenvalue weighted by atomic mass is 10.0. The van der Waals surface area contributed by atoms with Gasteiger partial charge in [-0.15, -0.1) is 0 Å². The van der Waals surface area contributed by atoms with Crippen LogP contribution < -0.4 is 14.2 Å². The predicted molar refractivity (Wildman–Crippen MR) is 141 cm³/mol. The summed E-state index contributed by atoms with van der Waals surface area (Å²) in [5.41, 5.74) is -0.620. The third-order valence-electron chi connectivity index (χ3n) is 6.42. The van der Waals surface area contributed by atoms with E-state index in [-0.39, 0.29) is 38.0 Å². The summed E-state index contributed by atoms with van der Waals surface area (Å²) in [7, 11) is 2.99. The maximum Gasteiger partial charge on any atom is 0.248 e. The molecule has 216 valence electrons. The number of hydrogen-bond acceptors (Lipinski definition) is 8. The van der Waals surface area contributed by atoms with E-state index < -0.39 is 17.2 Å². The van der Waals surface area contributed by atoms with Crippen LogP contribution in [0.4, 0.5) is 8.78 Å². The van der Waals surface area contributed by atoms with Gasteiger partial charge in [0.05, 0.1) is 20.2 Å². The number of carbonyl (C=O) groups is 1. The fourth-order valence-electron chi connectivity index (χ4n) is 4.59. The highest BCUT2D eigenvalue weighted by Gasteiger charge is 2.37. The van der Waals surface area contributed by atoms with Crippen LogP contribution in [0.25, 0.3) is 0 Å². The highest BCUT2D eigenvalue weighted by Crippen LogP contribution is 2.29. The highest BCUT2D eigenvalue weighted by molar-refractivity contribution is 5.77. The van der Waals surface area contributed by atoms with Crippen LogP contribution in [-0.4, -0.2) is 96.4 Å². The molecular weight excluding hydrogens is 526 g/mol. The van der Waals surface area contributed by atoms with Gasteiger partial charge >= 0.3 is 0 Å². The van der Waals surface area contributed by atoms with Crippen molar-refractivity contribution < 1.29 is 37.6 Å². The second-order valence-corrected chi connectivity index (χ2v) is 9.68. The molecule has 2 heterocycles. The zero-order chi connectivity index (χ0) is 28.5. The summed E-state index contributed by atoms with van der Waals surface area (Å²) in [5.74, 6) is -0.746. The summed E-state index contributed by atoms with van der Waals surface area (Å²) in [6.45, 7) is 1.96. The number of amides is 1. The molecule has 0 aliphatic carbocycles. The Hall–Kier alpha value is -3.74. The fourth-order valence-corrected chi connectivity index (χ4v) is 4.59. The minimum atomic E-state index is -1.53.